The van der Waals surface area contributed by atoms with E-state index in [0.717, 1.165) is 59.2 Å². The first-order chi connectivity index (χ1) is 27.3. The van der Waals surface area contributed by atoms with Crippen molar-refractivity contribution in [2.75, 3.05) is 5.43 Å². The summed E-state index contributed by atoms with van der Waals surface area (Å²) in [6.45, 7) is 1.90. The van der Waals surface area contributed by atoms with Gasteiger partial charge in [0.25, 0.3) is 5.91 Å². The first kappa shape index (κ1) is 35.2. The summed E-state index contributed by atoms with van der Waals surface area (Å²) in [6, 6.07) is 55.6. The molecule has 9 aromatic rings. The van der Waals surface area contributed by atoms with Crippen LogP contribution in [0.4, 0.5) is 0 Å². The molecule has 1 aromatic heterocycles. The van der Waals surface area contributed by atoms with E-state index >= 15 is 0 Å². The molecule has 0 atom stereocenters. The maximum Gasteiger partial charge on any atom is 0.339 e. The normalized spacial score (nSPS) is 11.6. The highest BCUT2D eigenvalue weighted by atomic mass is 79.9. The number of nitrogens with one attached hydrogen (secondary N) is 1. The average Bonchev–Trinajstić information content (AvgIpc) is 3.54. The van der Waals surface area contributed by atoms with Crippen molar-refractivity contribution < 1.29 is 17.4 Å². The summed E-state index contributed by atoms with van der Waals surface area (Å²) in [5, 5.41) is 4.43. The fourth-order valence-corrected chi connectivity index (χ4v) is 8.81. The highest BCUT2D eigenvalue weighted by Gasteiger charge is 2.30. The van der Waals surface area contributed by atoms with Gasteiger partial charge in [-0.3, -0.25) is 14.9 Å². The Balaban J connectivity index is 1.43. The van der Waals surface area contributed by atoms with Gasteiger partial charge in [0.15, 0.2) is 5.75 Å². The maximum absolute atomic E-state index is 14.3. The van der Waals surface area contributed by atoms with Crippen molar-refractivity contribution in [1.82, 2.24) is 4.68 Å². The van der Waals surface area contributed by atoms with Crippen LogP contribution < -0.4 is 9.61 Å². The highest BCUT2D eigenvalue weighted by molar-refractivity contribution is 9.10. The van der Waals surface area contributed by atoms with Crippen LogP contribution in [0.3, 0.4) is 0 Å². The van der Waals surface area contributed by atoms with Crippen LogP contribution in [0.2, 0.25) is 0 Å². The van der Waals surface area contributed by atoms with E-state index in [-0.39, 0.29) is 16.6 Å². The van der Waals surface area contributed by atoms with Crippen molar-refractivity contribution in [2.45, 2.75) is 11.8 Å². The van der Waals surface area contributed by atoms with E-state index < -0.39 is 10.1 Å². The zero-order chi connectivity index (χ0) is 38.4. The number of aromatic nitrogens is 1. The standard InChI is InChI=1S/C48H33BrN2O4S/c1-31-20-26-37(27-21-31)56(53,54)55-43-29-25-33-14-8-9-17-38(33)45(43)47-46(39-18-10-11-19-41(39)49)44-40-30-36(32-12-4-2-5-13-32)23-22-34(40)24-28-42(44)51(47)50-48(52)35-15-6-3-7-16-35/h2-30H,1H3,(H,50,52). The lowest BCUT2D eigenvalue weighted by Crippen LogP contribution is -2.23. The molecule has 0 aliphatic rings. The summed E-state index contributed by atoms with van der Waals surface area (Å²) in [4.78, 5) is 14.3. The molecule has 0 bridgehead atoms. The Bertz CT molecular complexity index is 3070. The molecular weight excluding hydrogens is 781 g/mol. The largest absolute Gasteiger partial charge is 0.378 e. The first-order valence-corrected chi connectivity index (χ1v) is 20.3. The van der Waals surface area contributed by atoms with E-state index in [1.54, 1.807) is 47.1 Å². The number of benzene rings is 8. The van der Waals surface area contributed by atoms with Crippen molar-refractivity contribution in [3.63, 3.8) is 0 Å². The van der Waals surface area contributed by atoms with E-state index in [1.807, 2.05) is 110 Å². The molecule has 1 heterocycles. The topological polar surface area (TPSA) is 77.4 Å². The van der Waals surface area contributed by atoms with Crippen molar-refractivity contribution in [3.8, 4) is 39.3 Å². The number of halogens is 1. The van der Waals surface area contributed by atoms with Gasteiger partial charge < -0.3 is 4.18 Å². The molecule has 56 heavy (non-hydrogen) atoms. The lowest BCUT2D eigenvalue weighted by molar-refractivity contribution is 0.101. The van der Waals surface area contributed by atoms with E-state index in [0.29, 0.717) is 22.3 Å². The molecule has 0 fully saturated rings. The SMILES string of the molecule is Cc1ccc(S(=O)(=O)Oc2ccc3ccccc3c2-c2c(-c3ccccc3Br)c3c4cc(-c5ccccc5)ccc4ccc3n2NC(=O)c2ccccc2)cc1. The smallest absolute Gasteiger partial charge is 0.339 e. The third-order valence-corrected chi connectivity index (χ3v) is 12.0. The van der Waals surface area contributed by atoms with E-state index in [4.69, 9.17) is 4.18 Å². The highest BCUT2D eigenvalue weighted by Crippen LogP contribution is 2.50. The minimum atomic E-state index is -4.30. The Labute approximate surface area is 332 Å². The molecule has 1 N–H and O–H groups in total. The lowest BCUT2D eigenvalue weighted by atomic mass is 9.92. The summed E-state index contributed by atoms with van der Waals surface area (Å²) < 4.78 is 37.0. The molecule has 8 aromatic carbocycles. The third kappa shape index (κ3) is 6.32. The summed E-state index contributed by atoms with van der Waals surface area (Å²) in [7, 11) is -4.30. The third-order valence-electron chi connectivity index (χ3n) is 10.1. The second kappa shape index (κ2) is 14.3. The number of hydrogen-bond donors (Lipinski definition) is 1. The van der Waals surface area contributed by atoms with Gasteiger partial charge in [0.05, 0.1) is 16.8 Å². The number of amides is 1. The van der Waals surface area contributed by atoms with Gasteiger partial charge in [-0.2, -0.15) is 8.42 Å². The molecule has 0 aliphatic heterocycles. The van der Waals surface area contributed by atoms with Gasteiger partial charge in [-0.05, 0) is 93.7 Å². The van der Waals surface area contributed by atoms with Crippen molar-refractivity contribution in [2.24, 2.45) is 0 Å². The summed E-state index contributed by atoms with van der Waals surface area (Å²) >= 11 is 3.87. The van der Waals surface area contributed by atoms with Gasteiger partial charge in [0.1, 0.15) is 4.90 Å². The summed E-state index contributed by atoms with van der Waals surface area (Å²) in [5.41, 5.74) is 10.1. The molecule has 8 heteroatoms. The predicted octanol–water partition coefficient (Wildman–Crippen LogP) is 12.2. The molecule has 0 unspecified atom stereocenters. The Morgan fingerprint density at radius 2 is 1.27 bits per heavy atom. The van der Waals surface area contributed by atoms with Crippen LogP contribution in [-0.4, -0.2) is 19.0 Å². The van der Waals surface area contributed by atoms with Crippen LogP contribution in [0.1, 0.15) is 15.9 Å². The summed E-state index contributed by atoms with van der Waals surface area (Å²) in [5.74, 6) is -0.222. The molecule has 0 spiro atoms. The molecule has 0 radical (unpaired) electrons. The number of fused-ring (bicyclic) bond motifs is 4. The fraction of sp³-hybridized carbons (Fsp3) is 0.0208. The van der Waals surface area contributed by atoms with E-state index in [1.165, 1.54) is 0 Å². The molecular formula is C48H33BrN2O4S. The van der Waals surface area contributed by atoms with Crippen molar-refractivity contribution in [1.29, 1.82) is 0 Å². The lowest BCUT2D eigenvalue weighted by Gasteiger charge is -2.19. The summed E-state index contributed by atoms with van der Waals surface area (Å²) in [6.07, 6.45) is 0. The van der Waals surface area contributed by atoms with E-state index in [9.17, 15) is 13.2 Å². The Morgan fingerprint density at radius 1 is 0.625 bits per heavy atom. The zero-order valence-electron chi connectivity index (χ0n) is 30.1. The number of rotatable bonds is 8. The first-order valence-electron chi connectivity index (χ1n) is 18.1. The minimum absolute atomic E-state index is 0.0330. The second-order valence-corrected chi connectivity index (χ2v) is 16.0. The molecule has 9 rings (SSSR count). The number of carbonyl (C=O) groups excluding carboxylic acids is 1. The van der Waals surface area contributed by atoms with Crippen LogP contribution >= 0.6 is 15.9 Å². The van der Waals surface area contributed by atoms with Crippen molar-refractivity contribution in [3.05, 3.63) is 192 Å². The average molecular weight is 814 g/mol. The number of aryl methyl sites for hydroxylation is 1. The van der Waals surface area contributed by atoms with Crippen LogP contribution in [0.25, 0.3) is 66.0 Å². The molecule has 6 nitrogen and oxygen atoms in total. The van der Waals surface area contributed by atoms with Crippen LogP contribution in [-0.2, 0) is 10.1 Å². The van der Waals surface area contributed by atoms with Crippen LogP contribution in [0, 0.1) is 6.92 Å². The quantitative estimate of drug-likeness (QED) is 0.155. The minimum Gasteiger partial charge on any atom is -0.378 e. The molecule has 0 aliphatic carbocycles. The van der Waals surface area contributed by atoms with Gasteiger partial charge in [-0.25, -0.2) is 0 Å². The van der Waals surface area contributed by atoms with Crippen LogP contribution in [0.15, 0.2) is 185 Å². The molecule has 272 valence electrons. The molecule has 0 saturated carbocycles. The number of carbonyl (C=O) groups is 1. The Kier molecular flexibility index (Phi) is 9.00. The fourth-order valence-electron chi connectivity index (χ4n) is 7.39. The van der Waals surface area contributed by atoms with Gasteiger partial charge in [-0.1, -0.05) is 149 Å². The zero-order valence-corrected chi connectivity index (χ0v) is 32.5. The Hall–Kier alpha value is -6.48. The maximum atomic E-state index is 14.3. The van der Waals surface area contributed by atoms with Gasteiger partial charge in [0, 0.05) is 21.0 Å². The molecule has 0 saturated heterocycles. The number of hydrogen-bond acceptors (Lipinski definition) is 4. The van der Waals surface area contributed by atoms with Gasteiger partial charge >= 0.3 is 10.1 Å². The van der Waals surface area contributed by atoms with Gasteiger partial charge in [-0.15, -0.1) is 0 Å². The number of nitrogens with zero attached hydrogens (tertiary/aromatic N) is 1. The van der Waals surface area contributed by atoms with Crippen molar-refractivity contribution >= 4 is 64.4 Å². The van der Waals surface area contributed by atoms with Gasteiger partial charge in [0.2, 0.25) is 0 Å². The van der Waals surface area contributed by atoms with Crippen LogP contribution in [0.5, 0.6) is 5.75 Å². The Morgan fingerprint density at radius 3 is 2.04 bits per heavy atom. The predicted molar refractivity (Wildman–Crippen MR) is 230 cm³/mol. The second-order valence-electron chi connectivity index (χ2n) is 13.6. The molecule has 1 amide bonds. The van der Waals surface area contributed by atoms with E-state index in [2.05, 4.69) is 51.7 Å². The monoisotopic (exact) mass is 812 g/mol.